The lowest BCUT2D eigenvalue weighted by molar-refractivity contribution is 0.0309. The Hall–Kier alpha value is -0.600. The highest BCUT2D eigenvalue weighted by molar-refractivity contribution is 7.99. The van der Waals surface area contributed by atoms with E-state index in [1.165, 1.54) is 0 Å². The van der Waals surface area contributed by atoms with Gasteiger partial charge in [-0.2, -0.15) is 16.1 Å². The van der Waals surface area contributed by atoms with Gasteiger partial charge < -0.3 is 4.74 Å². The summed E-state index contributed by atoms with van der Waals surface area (Å²) in [5.41, 5.74) is 1.16. The minimum absolute atomic E-state index is 0.0291. The average molecular weight is 385 g/mol. The minimum Gasteiger partial charge on any atom is -0.379 e. The van der Waals surface area contributed by atoms with E-state index >= 15 is 0 Å². The van der Waals surface area contributed by atoms with E-state index in [0.717, 1.165) is 62.8 Å². The third-order valence-corrected chi connectivity index (χ3v) is 8.06. The summed E-state index contributed by atoms with van der Waals surface area (Å²) >= 11 is 1.87. The summed E-state index contributed by atoms with van der Waals surface area (Å²) in [5.74, 6) is 1.89. The van der Waals surface area contributed by atoms with Gasteiger partial charge in [0.15, 0.2) is 0 Å². The fraction of sp³-hybridized carbons (Fsp3) is 0.667. The van der Waals surface area contributed by atoms with Crippen LogP contribution < -0.4 is 0 Å². The number of rotatable bonds is 5. The SMILES string of the molecule is CCc1ccc(S(=O)(=O)N2CCCSCC2CN2CCOCC2)cc1. The first-order valence-corrected chi connectivity index (χ1v) is 11.7. The van der Waals surface area contributed by atoms with Crippen LogP contribution in [0.25, 0.3) is 0 Å². The fourth-order valence-electron chi connectivity index (χ4n) is 3.38. The third kappa shape index (κ3) is 4.77. The second-order valence-electron chi connectivity index (χ2n) is 6.61. The molecule has 2 aliphatic rings. The van der Waals surface area contributed by atoms with Gasteiger partial charge in [0.1, 0.15) is 0 Å². The van der Waals surface area contributed by atoms with Crippen LogP contribution in [0.1, 0.15) is 18.9 Å². The van der Waals surface area contributed by atoms with Gasteiger partial charge in [0.2, 0.25) is 10.0 Å². The number of nitrogens with zero attached hydrogens (tertiary/aromatic N) is 2. The molecule has 0 saturated carbocycles. The van der Waals surface area contributed by atoms with E-state index in [1.54, 1.807) is 16.4 Å². The molecule has 3 rings (SSSR count). The molecule has 0 N–H and O–H groups in total. The lowest BCUT2D eigenvalue weighted by Crippen LogP contribution is -2.50. The second-order valence-corrected chi connectivity index (χ2v) is 9.65. The van der Waals surface area contributed by atoms with Gasteiger partial charge in [-0.05, 0) is 36.3 Å². The molecule has 0 radical (unpaired) electrons. The predicted octanol–water partition coefficient (Wildman–Crippen LogP) is 2.08. The Labute approximate surface area is 155 Å². The zero-order valence-corrected chi connectivity index (χ0v) is 16.5. The van der Waals surface area contributed by atoms with E-state index in [2.05, 4.69) is 11.8 Å². The monoisotopic (exact) mass is 384 g/mol. The van der Waals surface area contributed by atoms with Crippen molar-refractivity contribution in [3.8, 4) is 0 Å². The van der Waals surface area contributed by atoms with Gasteiger partial charge in [-0.3, -0.25) is 4.90 Å². The number of ether oxygens (including phenoxy) is 1. The Kier molecular flexibility index (Phi) is 6.79. The second kappa shape index (κ2) is 8.86. The van der Waals surface area contributed by atoms with Crippen LogP contribution in [0.15, 0.2) is 29.2 Å². The summed E-state index contributed by atoms with van der Waals surface area (Å²) in [7, 11) is -3.45. The van der Waals surface area contributed by atoms with E-state index in [9.17, 15) is 8.42 Å². The Morgan fingerprint density at radius 2 is 1.88 bits per heavy atom. The van der Waals surface area contributed by atoms with Crippen LogP contribution in [0.4, 0.5) is 0 Å². The van der Waals surface area contributed by atoms with Crippen molar-refractivity contribution in [2.45, 2.75) is 30.7 Å². The standard InChI is InChI=1S/C18H28N2O3S2/c1-2-16-4-6-18(7-5-16)25(21,22)20-8-3-13-24-15-17(20)14-19-9-11-23-12-10-19/h4-7,17H,2-3,8-15H2,1H3. The molecule has 25 heavy (non-hydrogen) atoms. The quantitative estimate of drug-likeness (QED) is 0.778. The first-order valence-electron chi connectivity index (χ1n) is 9.10. The molecule has 5 nitrogen and oxygen atoms in total. The first kappa shape index (κ1) is 19.2. The summed E-state index contributed by atoms with van der Waals surface area (Å²) in [6.07, 6.45) is 1.83. The molecule has 0 aliphatic carbocycles. The summed E-state index contributed by atoms with van der Waals surface area (Å²) < 4.78 is 33.7. The van der Waals surface area contributed by atoms with Gasteiger partial charge in [-0.25, -0.2) is 8.42 Å². The van der Waals surface area contributed by atoms with Crippen molar-refractivity contribution in [1.29, 1.82) is 0 Å². The maximum absolute atomic E-state index is 13.3. The number of thioether (sulfide) groups is 1. The molecular weight excluding hydrogens is 356 g/mol. The summed E-state index contributed by atoms with van der Waals surface area (Å²) in [6, 6.07) is 7.41. The normalized spacial score (nSPS) is 24.1. The molecule has 0 aromatic heterocycles. The van der Waals surface area contributed by atoms with Crippen LogP contribution in [-0.4, -0.2) is 74.6 Å². The van der Waals surface area contributed by atoms with E-state index < -0.39 is 10.0 Å². The number of benzene rings is 1. The summed E-state index contributed by atoms with van der Waals surface area (Å²) in [4.78, 5) is 2.76. The lowest BCUT2D eigenvalue weighted by Gasteiger charge is -2.35. The minimum atomic E-state index is -3.45. The molecule has 0 spiro atoms. The van der Waals surface area contributed by atoms with Gasteiger partial charge in [-0.1, -0.05) is 19.1 Å². The summed E-state index contributed by atoms with van der Waals surface area (Å²) in [5, 5.41) is 0. The van der Waals surface area contributed by atoms with Crippen LogP contribution in [0.5, 0.6) is 0 Å². The third-order valence-electron chi connectivity index (χ3n) is 4.90. The Bertz CT molecular complexity index is 643. The molecule has 1 unspecified atom stereocenters. The number of aryl methyl sites for hydroxylation is 1. The Morgan fingerprint density at radius 3 is 2.56 bits per heavy atom. The highest BCUT2D eigenvalue weighted by atomic mass is 32.2. The molecule has 7 heteroatoms. The van der Waals surface area contributed by atoms with Crippen LogP contribution in [0.3, 0.4) is 0 Å². The maximum Gasteiger partial charge on any atom is 0.243 e. The number of morpholine rings is 1. The molecule has 2 heterocycles. The van der Waals surface area contributed by atoms with E-state index in [0.29, 0.717) is 11.4 Å². The van der Waals surface area contributed by atoms with Gasteiger partial charge in [0.25, 0.3) is 0 Å². The van der Waals surface area contributed by atoms with Crippen molar-refractivity contribution < 1.29 is 13.2 Å². The van der Waals surface area contributed by atoms with E-state index in [1.807, 2.05) is 23.9 Å². The molecule has 1 aromatic carbocycles. The zero-order valence-electron chi connectivity index (χ0n) is 14.9. The molecule has 1 aromatic rings. The average Bonchev–Trinajstić information content (AvgIpc) is 2.88. The van der Waals surface area contributed by atoms with Crippen molar-refractivity contribution >= 4 is 21.8 Å². The van der Waals surface area contributed by atoms with Gasteiger partial charge in [-0.15, -0.1) is 0 Å². The zero-order chi connectivity index (χ0) is 17.7. The van der Waals surface area contributed by atoms with Crippen molar-refractivity contribution in [2.24, 2.45) is 0 Å². The maximum atomic E-state index is 13.3. The van der Waals surface area contributed by atoms with E-state index in [-0.39, 0.29) is 6.04 Å². The number of hydrogen-bond donors (Lipinski definition) is 0. The van der Waals surface area contributed by atoms with Crippen molar-refractivity contribution in [2.75, 3.05) is 50.9 Å². The predicted molar refractivity (Wildman–Crippen MR) is 103 cm³/mol. The van der Waals surface area contributed by atoms with Crippen LogP contribution in [-0.2, 0) is 21.2 Å². The highest BCUT2D eigenvalue weighted by Gasteiger charge is 2.33. The van der Waals surface area contributed by atoms with Gasteiger partial charge in [0, 0.05) is 38.0 Å². The topological polar surface area (TPSA) is 49.9 Å². The molecule has 2 saturated heterocycles. The summed E-state index contributed by atoms with van der Waals surface area (Å²) in [6.45, 7) is 6.74. The molecule has 0 amide bonds. The first-order chi connectivity index (χ1) is 12.1. The van der Waals surface area contributed by atoms with Crippen LogP contribution in [0, 0.1) is 0 Å². The molecule has 2 fully saturated rings. The molecule has 140 valence electrons. The highest BCUT2D eigenvalue weighted by Crippen LogP contribution is 2.25. The molecule has 1 atom stereocenters. The van der Waals surface area contributed by atoms with Gasteiger partial charge >= 0.3 is 0 Å². The van der Waals surface area contributed by atoms with Crippen LogP contribution in [0.2, 0.25) is 0 Å². The van der Waals surface area contributed by atoms with Crippen molar-refractivity contribution in [3.05, 3.63) is 29.8 Å². The Morgan fingerprint density at radius 1 is 1.16 bits per heavy atom. The largest absolute Gasteiger partial charge is 0.379 e. The Balaban J connectivity index is 1.80. The van der Waals surface area contributed by atoms with Crippen LogP contribution >= 0.6 is 11.8 Å². The van der Waals surface area contributed by atoms with Crippen molar-refractivity contribution in [1.82, 2.24) is 9.21 Å². The molecule has 0 bridgehead atoms. The lowest BCUT2D eigenvalue weighted by atomic mass is 10.2. The smallest absolute Gasteiger partial charge is 0.243 e. The number of sulfonamides is 1. The van der Waals surface area contributed by atoms with E-state index in [4.69, 9.17) is 4.74 Å². The molecule has 2 aliphatic heterocycles. The fourth-order valence-corrected chi connectivity index (χ4v) is 6.19. The van der Waals surface area contributed by atoms with Gasteiger partial charge in [0.05, 0.1) is 18.1 Å². The van der Waals surface area contributed by atoms with Crippen molar-refractivity contribution in [3.63, 3.8) is 0 Å². The number of hydrogen-bond acceptors (Lipinski definition) is 5. The molecular formula is C18H28N2O3S2.